The molecule has 3 N–H and O–H groups in total. The van der Waals surface area contributed by atoms with Gasteiger partial charge in [0.25, 0.3) is 0 Å². The molecule has 188 valence electrons. The number of rotatable bonds is 6. The summed E-state index contributed by atoms with van der Waals surface area (Å²) in [5.41, 5.74) is -0.0110. The number of cyclic esters (lactones) is 1. The number of carbonyl (C=O) groups is 2. The highest BCUT2D eigenvalue weighted by molar-refractivity contribution is 8.25. The number of carbonyl (C=O) groups excluding carboxylic acids is 2. The maximum Gasteiger partial charge on any atom is 0.414 e. The number of benzene rings is 1. The first kappa shape index (κ1) is 23.6. The number of halogens is 2. The second-order valence-electron chi connectivity index (χ2n) is 9.97. The normalized spacial score (nSPS) is 26.6. The number of amides is 2. The quantitative estimate of drug-likeness (QED) is 0.550. The number of anilines is 2. The summed E-state index contributed by atoms with van der Waals surface area (Å²) in [6.07, 6.45) is 3.01. The topological polar surface area (TPSA) is 102 Å². The van der Waals surface area contributed by atoms with Crippen LogP contribution in [0.25, 0.3) is 0 Å². The Morgan fingerprint density at radius 2 is 1.74 bits per heavy atom. The fourth-order valence-corrected chi connectivity index (χ4v) is 7.20. The van der Waals surface area contributed by atoms with Crippen LogP contribution in [-0.2, 0) is 9.53 Å². The van der Waals surface area contributed by atoms with E-state index in [9.17, 15) is 18.7 Å². The van der Waals surface area contributed by atoms with Crippen LogP contribution in [0.4, 0.5) is 25.0 Å². The summed E-state index contributed by atoms with van der Waals surface area (Å²) in [5, 5.41) is 2.79. The Hall–Kier alpha value is -2.11. The first-order valence-electron chi connectivity index (χ1n) is 11.9. The van der Waals surface area contributed by atoms with Gasteiger partial charge >= 0.3 is 6.09 Å². The summed E-state index contributed by atoms with van der Waals surface area (Å²) in [4.78, 5) is 27.2. The molecule has 1 aromatic rings. The molecule has 0 bridgehead atoms. The van der Waals surface area contributed by atoms with Gasteiger partial charge in [0.05, 0.1) is 18.8 Å². The highest BCUT2D eigenvalue weighted by atomic mass is 32.3. The van der Waals surface area contributed by atoms with Gasteiger partial charge in [-0.2, -0.15) is 10.6 Å². The third kappa shape index (κ3) is 4.70. The minimum atomic E-state index is -2.39. The largest absolute Gasteiger partial charge is 0.442 e. The van der Waals surface area contributed by atoms with Gasteiger partial charge < -0.3 is 15.0 Å². The van der Waals surface area contributed by atoms with Gasteiger partial charge in [-0.3, -0.25) is 18.8 Å². The van der Waals surface area contributed by atoms with Crippen LogP contribution in [0.15, 0.2) is 12.1 Å². The summed E-state index contributed by atoms with van der Waals surface area (Å²) in [6.45, 7) is 1.25. The fraction of sp³-hybridized carbons (Fsp3) is 0.652. The second kappa shape index (κ2) is 9.16. The molecule has 5 rings (SSSR count). The van der Waals surface area contributed by atoms with Crippen LogP contribution in [0, 0.1) is 29.4 Å². The van der Waals surface area contributed by atoms with E-state index in [2.05, 4.69) is 5.32 Å². The molecule has 0 spiro atoms. The lowest BCUT2D eigenvalue weighted by molar-refractivity contribution is -0.127. The van der Waals surface area contributed by atoms with E-state index in [1.807, 2.05) is 0 Å². The van der Waals surface area contributed by atoms with E-state index in [0.29, 0.717) is 30.5 Å². The molecule has 3 heterocycles. The van der Waals surface area contributed by atoms with Crippen LogP contribution in [0.1, 0.15) is 32.1 Å². The highest BCUT2D eigenvalue weighted by Gasteiger charge is 2.40. The minimum Gasteiger partial charge on any atom is -0.442 e. The number of hydrogen-bond donors (Lipinski definition) is 3. The Labute approximate surface area is 199 Å². The van der Waals surface area contributed by atoms with Crippen molar-refractivity contribution < 1.29 is 32.2 Å². The number of hydrogen-bond acceptors (Lipinski definition) is 6. The van der Waals surface area contributed by atoms with Crippen LogP contribution in [0.2, 0.25) is 0 Å². The second-order valence-corrected chi connectivity index (χ2v) is 12.2. The number of nitrogens with zero attached hydrogens (tertiary/aromatic N) is 2. The predicted octanol–water partition coefficient (Wildman–Crippen LogP) is 3.80. The summed E-state index contributed by atoms with van der Waals surface area (Å²) in [5.74, 6) is -0.00196. The van der Waals surface area contributed by atoms with Crippen molar-refractivity contribution in [2.75, 3.05) is 47.5 Å². The molecule has 1 aromatic carbocycles. The molecule has 34 heavy (non-hydrogen) atoms. The molecular weight excluding hydrogens is 468 g/mol. The van der Waals surface area contributed by atoms with Crippen molar-refractivity contribution in [1.82, 2.24) is 5.32 Å². The van der Waals surface area contributed by atoms with E-state index < -0.39 is 34.4 Å². The Morgan fingerprint density at radius 1 is 1.09 bits per heavy atom. The Bertz CT molecular complexity index is 937. The van der Waals surface area contributed by atoms with Gasteiger partial charge in [-0.1, -0.05) is 6.42 Å². The molecule has 0 aromatic heterocycles. The molecule has 8 nitrogen and oxygen atoms in total. The summed E-state index contributed by atoms with van der Waals surface area (Å²) in [7, 11) is -2.39. The molecule has 11 heteroatoms. The summed E-state index contributed by atoms with van der Waals surface area (Å²) in [6, 6.07) is 2.31. The Morgan fingerprint density at radius 3 is 2.29 bits per heavy atom. The number of ether oxygens (including phenoxy) is 1. The number of piperidine rings is 1. The van der Waals surface area contributed by atoms with Crippen LogP contribution < -0.4 is 15.1 Å². The van der Waals surface area contributed by atoms with E-state index in [1.165, 1.54) is 4.90 Å². The average Bonchev–Trinajstić information content (AvgIpc) is 3.10. The Kier molecular flexibility index (Phi) is 6.36. The van der Waals surface area contributed by atoms with Gasteiger partial charge in [0.1, 0.15) is 11.8 Å². The van der Waals surface area contributed by atoms with E-state index in [-0.39, 0.29) is 42.2 Å². The number of nitrogens with one attached hydrogen (secondary N) is 1. The van der Waals surface area contributed by atoms with Gasteiger partial charge in [0.2, 0.25) is 5.91 Å². The molecule has 1 unspecified atom stereocenters. The zero-order valence-electron chi connectivity index (χ0n) is 18.9. The van der Waals surface area contributed by atoms with E-state index in [4.69, 9.17) is 4.74 Å². The van der Waals surface area contributed by atoms with Crippen LogP contribution in [0.5, 0.6) is 0 Å². The van der Waals surface area contributed by atoms with Gasteiger partial charge in [0.15, 0.2) is 11.6 Å². The molecule has 1 saturated carbocycles. The Balaban J connectivity index is 1.19. The van der Waals surface area contributed by atoms with Crippen LogP contribution in [-0.4, -0.2) is 64.9 Å². The lowest BCUT2D eigenvalue weighted by Gasteiger charge is -2.51. The van der Waals surface area contributed by atoms with Crippen LogP contribution in [0.3, 0.4) is 0 Å². The molecule has 3 aliphatic heterocycles. The van der Waals surface area contributed by atoms with E-state index in [0.717, 1.165) is 44.2 Å². The van der Waals surface area contributed by atoms with E-state index in [1.54, 1.807) is 4.90 Å². The molecule has 1 atom stereocenters. The van der Waals surface area contributed by atoms with Crippen molar-refractivity contribution in [2.24, 2.45) is 17.8 Å². The fourth-order valence-electron chi connectivity index (χ4n) is 5.38. The molecular formula is C23H31F2N3O5S. The average molecular weight is 500 g/mol. The van der Waals surface area contributed by atoms with Crippen molar-refractivity contribution in [1.29, 1.82) is 0 Å². The molecule has 3 saturated heterocycles. The van der Waals surface area contributed by atoms with Crippen molar-refractivity contribution >= 4 is 34.0 Å². The first-order chi connectivity index (χ1) is 16.2. The monoisotopic (exact) mass is 499 g/mol. The van der Waals surface area contributed by atoms with Gasteiger partial charge in [-0.25, -0.2) is 13.6 Å². The molecule has 2 amide bonds. The highest BCUT2D eigenvalue weighted by Crippen LogP contribution is 2.55. The lowest BCUT2D eigenvalue weighted by atomic mass is 9.85. The minimum absolute atomic E-state index is 0.0294. The third-order valence-electron chi connectivity index (χ3n) is 7.65. The van der Waals surface area contributed by atoms with Crippen LogP contribution >= 0.6 is 10.6 Å². The van der Waals surface area contributed by atoms with Gasteiger partial charge in [0, 0.05) is 42.6 Å². The summed E-state index contributed by atoms with van der Waals surface area (Å²) < 4.78 is 54.6. The van der Waals surface area contributed by atoms with Gasteiger partial charge in [-0.05, 0) is 37.5 Å². The van der Waals surface area contributed by atoms with Crippen molar-refractivity contribution in [3.8, 4) is 0 Å². The molecule has 4 fully saturated rings. The third-order valence-corrected chi connectivity index (χ3v) is 9.58. The standard InChI is InChI=1S/C23H31F2N3O5S/c24-19-8-17(28-11-18(33-23(28)30)10-26-22(29)15-2-1-3-15)9-20(25)21(19)27-6-4-14(5-7-27)16-12-34(31,32)13-16/h8-9,14-16,18,31-32H,1-7,10-13H2,(H,26,29). The van der Waals surface area contributed by atoms with Crippen molar-refractivity contribution in [2.45, 2.75) is 38.2 Å². The smallest absolute Gasteiger partial charge is 0.414 e. The summed E-state index contributed by atoms with van der Waals surface area (Å²) >= 11 is 0. The molecule has 1 aliphatic carbocycles. The van der Waals surface area contributed by atoms with E-state index >= 15 is 8.78 Å². The van der Waals surface area contributed by atoms with Crippen molar-refractivity contribution in [3.05, 3.63) is 23.8 Å². The lowest BCUT2D eigenvalue weighted by Crippen LogP contribution is -2.44. The SMILES string of the molecule is O=C(NCC1CN(c2cc(F)c(N3CCC(C4CS(O)(O)C4)CC3)c(F)c2)C(=O)O1)C1CCC1. The van der Waals surface area contributed by atoms with Crippen molar-refractivity contribution in [3.63, 3.8) is 0 Å². The maximum absolute atomic E-state index is 15.0. The van der Waals surface area contributed by atoms with Gasteiger partial charge in [-0.15, -0.1) is 0 Å². The first-order valence-corrected chi connectivity index (χ1v) is 13.8. The zero-order chi connectivity index (χ0) is 24.0. The molecule has 0 radical (unpaired) electrons. The molecule has 4 aliphatic rings. The zero-order valence-corrected chi connectivity index (χ0v) is 19.7. The predicted molar refractivity (Wildman–Crippen MR) is 125 cm³/mol. The maximum atomic E-state index is 15.0.